The highest BCUT2D eigenvalue weighted by molar-refractivity contribution is 7.99. The van der Waals surface area contributed by atoms with Crippen LogP contribution < -0.4 is 0 Å². The third-order valence-electron chi connectivity index (χ3n) is 4.69. The third-order valence-corrected chi connectivity index (χ3v) is 7.81. The highest BCUT2D eigenvalue weighted by Crippen LogP contribution is 2.40. The minimum absolute atomic E-state index is 0.809. The van der Waals surface area contributed by atoms with E-state index < -0.39 is 0 Å². The van der Waals surface area contributed by atoms with E-state index in [-0.39, 0.29) is 0 Å². The lowest BCUT2D eigenvalue weighted by atomic mass is 10.2. The van der Waals surface area contributed by atoms with E-state index in [0.717, 1.165) is 38.7 Å². The number of thiophene rings is 1. The second-order valence-corrected chi connectivity index (χ2v) is 9.46. The van der Waals surface area contributed by atoms with E-state index in [2.05, 4.69) is 45.4 Å². The molecule has 5 rings (SSSR count). The highest BCUT2D eigenvalue weighted by Gasteiger charge is 2.24. The Labute approximate surface area is 170 Å². The van der Waals surface area contributed by atoms with E-state index in [4.69, 9.17) is 4.98 Å². The van der Waals surface area contributed by atoms with Gasteiger partial charge in [0.25, 0.3) is 0 Å². The molecule has 0 bridgehead atoms. The number of thioether (sulfide) groups is 2. The maximum Gasteiger partial charge on any atom is 0.198 e. The lowest BCUT2D eigenvalue weighted by Crippen LogP contribution is -1.98. The summed E-state index contributed by atoms with van der Waals surface area (Å²) >= 11 is 5.24. The second-order valence-electron chi connectivity index (χ2n) is 6.45. The van der Waals surface area contributed by atoms with Crippen LogP contribution >= 0.6 is 34.9 Å². The zero-order valence-corrected chi connectivity index (χ0v) is 17.2. The largest absolute Gasteiger partial charge is 0.247 e. The third kappa shape index (κ3) is 3.07. The van der Waals surface area contributed by atoms with E-state index in [1.54, 1.807) is 23.5 Å². The molecule has 0 atom stereocenters. The van der Waals surface area contributed by atoms with Gasteiger partial charge in [-0.3, -0.25) is 0 Å². The quantitative estimate of drug-likeness (QED) is 0.242. The van der Waals surface area contributed by atoms with Gasteiger partial charge in [-0.1, -0.05) is 59.9 Å². The fourth-order valence-electron chi connectivity index (χ4n) is 3.49. The van der Waals surface area contributed by atoms with Crippen molar-refractivity contribution in [1.82, 2.24) is 19.6 Å². The van der Waals surface area contributed by atoms with Crippen molar-refractivity contribution < 1.29 is 0 Å². The normalized spacial score (nSPS) is 13.5. The Morgan fingerprint density at radius 1 is 1.11 bits per heavy atom. The second kappa shape index (κ2) is 7.30. The molecule has 4 nitrogen and oxygen atoms in total. The first-order chi connectivity index (χ1) is 13.3. The van der Waals surface area contributed by atoms with E-state index in [9.17, 15) is 0 Å². The molecule has 3 heterocycles. The Morgan fingerprint density at radius 3 is 2.85 bits per heavy atom. The molecule has 0 aliphatic heterocycles. The molecule has 1 aromatic carbocycles. The van der Waals surface area contributed by atoms with Gasteiger partial charge in [0.05, 0.1) is 5.39 Å². The van der Waals surface area contributed by atoms with Gasteiger partial charge in [0.2, 0.25) is 0 Å². The Kier molecular flexibility index (Phi) is 4.67. The van der Waals surface area contributed by atoms with Crippen molar-refractivity contribution in [2.75, 3.05) is 5.75 Å². The van der Waals surface area contributed by atoms with Gasteiger partial charge in [0, 0.05) is 16.4 Å². The van der Waals surface area contributed by atoms with Crippen molar-refractivity contribution in [3.8, 4) is 0 Å². The molecule has 0 unspecified atom stereocenters. The van der Waals surface area contributed by atoms with Crippen LogP contribution in [0.4, 0.5) is 0 Å². The summed E-state index contributed by atoms with van der Waals surface area (Å²) in [6.07, 6.45) is 5.43. The summed E-state index contributed by atoms with van der Waals surface area (Å²) in [6, 6.07) is 10.5. The minimum Gasteiger partial charge on any atom is -0.247 e. The summed E-state index contributed by atoms with van der Waals surface area (Å²) in [5, 5.41) is 12.1. The van der Waals surface area contributed by atoms with Gasteiger partial charge in [0.15, 0.2) is 16.0 Å². The van der Waals surface area contributed by atoms with E-state index in [0.29, 0.717) is 0 Å². The number of aryl methyl sites for hydroxylation is 2. The first-order valence-electron chi connectivity index (χ1n) is 8.95. The van der Waals surface area contributed by atoms with Gasteiger partial charge in [-0.25, -0.2) is 9.38 Å². The van der Waals surface area contributed by atoms with Crippen LogP contribution in [0.15, 0.2) is 53.3 Å². The van der Waals surface area contributed by atoms with Gasteiger partial charge >= 0.3 is 0 Å². The van der Waals surface area contributed by atoms with E-state index in [1.807, 2.05) is 23.5 Å². The average Bonchev–Trinajstić information content (AvgIpc) is 3.39. The summed E-state index contributed by atoms with van der Waals surface area (Å²) in [5.41, 5.74) is 3.70. The molecule has 3 aromatic heterocycles. The predicted molar refractivity (Wildman–Crippen MR) is 115 cm³/mol. The molecular weight excluding hydrogens is 392 g/mol. The molecule has 0 spiro atoms. The van der Waals surface area contributed by atoms with Crippen LogP contribution in [0.3, 0.4) is 0 Å². The summed E-state index contributed by atoms with van der Waals surface area (Å²) < 4.78 is 2.15. The number of aromatic nitrogens is 4. The number of rotatable bonds is 6. The van der Waals surface area contributed by atoms with Crippen LogP contribution in [0.25, 0.3) is 15.9 Å². The highest BCUT2D eigenvalue weighted by atomic mass is 32.2. The van der Waals surface area contributed by atoms with Gasteiger partial charge in [-0.15, -0.1) is 28.1 Å². The van der Waals surface area contributed by atoms with Gasteiger partial charge in [-0.05, 0) is 30.4 Å². The molecule has 4 aromatic rings. The first kappa shape index (κ1) is 17.3. The number of hydrogen-bond acceptors (Lipinski definition) is 6. The SMILES string of the molecule is C=CCSc1nnc2c3c4c(sc3nc(SCc3ccccc3)n12)CCC4. The Morgan fingerprint density at radius 2 is 2.00 bits per heavy atom. The topological polar surface area (TPSA) is 43.1 Å². The van der Waals surface area contributed by atoms with Crippen LogP contribution in [0, 0.1) is 0 Å². The predicted octanol–water partition coefficient (Wildman–Crippen LogP) is 5.40. The molecule has 0 fully saturated rings. The molecule has 27 heavy (non-hydrogen) atoms. The van der Waals surface area contributed by atoms with Crippen molar-refractivity contribution in [3.05, 3.63) is 59.0 Å². The maximum absolute atomic E-state index is 5.05. The Balaban J connectivity index is 1.64. The smallest absolute Gasteiger partial charge is 0.198 e. The fraction of sp³-hybridized carbons (Fsp3) is 0.250. The van der Waals surface area contributed by atoms with Crippen LogP contribution in [-0.2, 0) is 18.6 Å². The van der Waals surface area contributed by atoms with E-state index >= 15 is 0 Å². The number of nitrogens with zero attached hydrogens (tertiary/aromatic N) is 4. The summed E-state index contributed by atoms with van der Waals surface area (Å²) in [5.74, 6) is 1.69. The van der Waals surface area contributed by atoms with Crippen molar-refractivity contribution >= 4 is 50.7 Å². The number of fused-ring (bicyclic) bond motifs is 5. The molecule has 0 radical (unpaired) electrons. The van der Waals surface area contributed by atoms with E-state index in [1.165, 1.54) is 34.2 Å². The molecular formula is C20H18N4S3. The molecule has 0 N–H and O–H groups in total. The molecule has 136 valence electrons. The molecule has 0 amide bonds. The van der Waals surface area contributed by atoms with Crippen LogP contribution in [0.1, 0.15) is 22.4 Å². The number of benzene rings is 1. The lowest BCUT2D eigenvalue weighted by Gasteiger charge is -2.08. The monoisotopic (exact) mass is 410 g/mol. The molecule has 1 aliphatic carbocycles. The number of hydrogen-bond donors (Lipinski definition) is 0. The first-order valence-corrected chi connectivity index (χ1v) is 11.7. The van der Waals surface area contributed by atoms with Gasteiger partial charge in [0.1, 0.15) is 4.83 Å². The Hall–Kier alpha value is -1.83. The van der Waals surface area contributed by atoms with Crippen LogP contribution in [0.5, 0.6) is 0 Å². The standard InChI is InChI=1S/C20H18N4S3/c1-2-11-25-20-23-22-17-16-14-9-6-10-15(14)27-18(16)21-19(24(17)20)26-12-13-7-4-3-5-8-13/h2-5,7-8H,1,6,9-12H2. The van der Waals surface area contributed by atoms with Crippen molar-refractivity contribution in [1.29, 1.82) is 0 Å². The zero-order chi connectivity index (χ0) is 18.2. The zero-order valence-electron chi connectivity index (χ0n) is 14.7. The molecule has 1 aliphatic rings. The van der Waals surface area contributed by atoms with Crippen molar-refractivity contribution in [2.24, 2.45) is 0 Å². The Bertz CT molecular complexity index is 1130. The van der Waals surface area contributed by atoms with Gasteiger partial charge in [-0.2, -0.15) is 0 Å². The summed E-state index contributed by atoms with van der Waals surface area (Å²) in [6.45, 7) is 3.83. The fourth-order valence-corrected chi connectivity index (χ4v) is 6.47. The van der Waals surface area contributed by atoms with Crippen molar-refractivity contribution in [2.45, 2.75) is 35.3 Å². The van der Waals surface area contributed by atoms with Crippen LogP contribution in [0.2, 0.25) is 0 Å². The van der Waals surface area contributed by atoms with Gasteiger partial charge < -0.3 is 0 Å². The van der Waals surface area contributed by atoms with Crippen LogP contribution in [-0.4, -0.2) is 25.3 Å². The molecule has 7 heteroatoms. The molecule has 0 saturated carbocycles. The summed E-state index contributed by atoms with van der Waals surface area (Å²) in [7, 11) is 0. The molecule has 0 saturated heterocycles. The lowest BCUT2D eigenvalue weighted by molar-refractivity contribution is 0.817. The van der Waals surface area contributed by atoms with Crippen molar-refractivity contribution in [3.63, 3.8) is 0 Å². The average molecular weight is 411 g/mol. The summed E-state index contributed by atoms with van der Waals surface area (Å²) in [4.78, 5) is 7.63. The minimum atomic E-state index is 0.809. The maximum atomic E-state index is 5.05.